The molecule has 0 saturated heterocycles. The monoisotopic (exact) mass is 423 g/mol. The molecule has 2 aromatic rings. The molecule has 0 fully saturated rings. The van der Waals surface area contributed by atoms with Gasteiger partial charge < -0.3 is 19.1 Å². The van der Waals surface area contributed by atoms with Crippen molar-refractivity contribution in [3.63, 3.8) is 0 Å². The second kappa shape index (κ2) is 13.9. The van der Waals surface area contributed by atoms with Crippen molar-refractivity contribution < 1.29 is 48.6 Å². The molecule has 7 heteroatoms. The first-order valence-electron chi connectivity index (χ1n) is 9.42. The summed E-state index contributed by atoms with van der Waals surface area (Å²) in [5.41, 5.74) is 3.18. The van der Waals surface area contributed by atoms with E-state index in [1.807, 2.05) is 19.1 Å². The number of thioether (sulfide) groups is 1. The van der Waals surface area contributed by atoms with Crippen LogP contribution >= 0.6 is 11.8 Å². The average molecular weight is 424 g/mol. The zero-order chi connectivity index (χ0) is 20.4. The SMILES string of the molecule is CCCc1ccc(-c2nc(CCOCC#CCSC(C)C(=O)[O-])c(C)o2)cc1.[Na+]. The third-order valence-electron chi connectivity index (χ3n) is 4.15. The maximum atomic E-state index is 10.6. The third kappa shape index (κ3) is 8.98. The van der Waals surface area contributed by atoms with E-state index in [4.69, 9.17) is 9.15 Å². The Bertz CT molecular complexity index is 824. The summed E-state index contributed by atoms with van der Waals surface area (Å²) in [6.45, 7) is 6.48. The number of hydrogen-bond donors (Lipinski definition) is 0. The molecule has 5 nitrogen and oxygen atoms in total. The number of aryl methyl sites for hydroxylation is 2. The number of carbonyl (C=O) groups is 1. The van der Waals surface area contributed by atoms with Gasteiger partial charge in [0, 0.05) is 17.2 Å². The minimum Gasteiger partial charge on any atom is -0.549 e. The summed E-state index contributed by atoms with van der Waals surface area (Å²) in [6.07, 6.45) is 2.86. The zero-order valence-electron chi connectivity index (χ0n) is 17.6. The van der Waals surface area contributed by atoms with E-state index in [1.165, 1.54) is 17.3 Å². The van der Waals surface area contributed by atoms with Crippen LogP contribution in [0, 0.1) is 18.8 Å². The minimum atomic E-state index is -1.07. The topological polar surface area (TPSA) is 75.4 Å². The molecule has 0 aliphatic heterocycles. The molecule has 0 bridgehead atoms. The fourth-order valence-corrected chi connectivity index (χ4v) is 3.09. The van der Waals surface area contributed by atoms with E-state index < -0.39 is 11.2 Å². The van der Waals surface area contributed by atoms with E-state index in [9.17, 15) is 9.90 Å². The zero-order valence-corrected chi connectivity index (χ0v) is 20.4. The Kier molecular flexibility index (Phi) is 12.4. The van der Waals surface area contributed by atoms with Gasteiger partial charge in [0.1, 0.15) is 12.4 Å². The van der Waals surface area contributed by atoms with Crippen molar-refractivity contribution in [2.75, 3.05) is 19.0 Å². The number of hydrogen-bond acceptors (Lipinski definition) is 6. The molecular weight excluding hydrogens is 397 g/mol. The first-order chi connectivity index (χ1) is 13.5. The molecule has 0 spiro atoms. The number of nitrogens with zero attached hydrogens (tertiary/aromatic N) is 1. The van der Waals surface area contributed by atoms with Crippen LogP contribution in [-0.4, -0.2) is 35.2 Å². The average Bonchev–Trinajstić information content (AvgIpc) is 3.05. The van der Waals surface area contributed by atoms with Crippen molar-refractivity contribution in [1.29, 1.82) is 0 Å². The van der Waals surface area contributed by atoms with Crippen molar-refractivity contribution in [2.24, 2.45) is 0 Å². The molecule has 0 amide bonds. The number of aromatic nitrogens is 1. The van der Waals surface area contributed by atoms with Gasteiger partial charge in [-0.25, -0.2) is 4.98 Å². The molecule has 29 heavy (non-hydrogen) atoms. The number of aliphatic carboxylic acids is 1. The fraction of sp³-hybridized carbons (Fsp3) is 0.455. The Morgan fingerprint density at radius 2 is 2.00 bits per heavy atom. The first-order valence-corrected chi connectivity index (χ1v) is 10.5. The second-order valence-corrected chi connectivity index (χ2v) is 7.73. The van der Waals surface area contributed by atoms with Gasteiger partial charge in [-0.1, -0.05) is 37.3 Å². The van der Waals surface area contributed by atoms with Crippen molar-refractivity contribution in [2.45, 2.75) is 45.3 Å². The van der Waals surface area contributed by atoms with Crippen LogP contribution in [0.25, 0.3) is 11.5 Å². The fourth-order valence-electron chi connectivity index (χ4n) is 2.51. The Labute approximate surface area is 199 Å². The molecule has 0 N–H and O–H groups in total. The molecule has 1 unspecified atom stereocenters. The van der Waals surface area contributed by atoms with E-state index in [-0.39, 0.29) is 29.6 Å². The molecule has 2 rings (SSSR count). The van der Waals surface area contributed by atoms with Crippen LogP contribution in [0.15, 0.2) is 28.7 Å². The van der Waals surface area contributed by atoms with Crippen molar-refractivity contribution in [3.8, 4) is 23.3 Å². The van der Waals surface area contributed by atoms with Gasteiger partial charge in [0.2, 0.25) is 5.89 Å². The minimum absolute atomic E-state index is 0. The predicted molar refractivity (Wildman–Crippen MR) is 110 cm³/mol. The Hall–Kier alpha value is -1.23. The maximum absolute atomic E-state index is 10.6. The van der Waals surface area contributed by atoms with Gasteiger partial charge in [-0.2, -0.15) is 0 Å². The van der Waals surface area contributed by atoms with Crippen molar-refractivity contribution >= 4 is 17.7 Å². The van der Waals surface area contributed by atoms with Gasteiger partial charge in [-0.15, -0.1) is 11.8 Å². The van der Waals surface area contributed by atoms with Crippen LogP contribution in [0.3, 0.4) is 0 Å². The van der Waals surface area contributed by atoms with Crippen molar-refractivity contribution in [3.05, 3.63) is 41.3 Å². The van der Waals surface area contributed by atoms with Crippen LogP contribution in [-0.2, 0) is 22.4 Å². The summed E-state index contributed by atoms with van der Waals surface area (Å²) in [5, 5.41) is 10.0. The number of carboxylic acid groups (broad SMARTS) is 1. The molecule has 1 aromatic carbocycles. The van der Waals surface area contributed by atoms with Gasteiger partial charge in [0.05, 0.1) is 24.0 Å². The largest absolute Gasteiger partial charge is 1.00 e. The smallest absolute Gasteiger partial charge is 0.549 e. The molecule has 0 radical (unpaired) electrons. The molecule has 1 aromatic heterocycles. The Balaban J connectivity index is 0.00000420. The van der Waals surface area contributed by atoms with E-state index >= 15 is 0 Å². The second-order valence-electron chi connectivity index (χ2n) is 6.40. The number of oxazole rings is 1. The molecule has 0 aliphatic carbocycles. The van der Waals surface area contributed by atoms with Gasteiger partial charge in [-0.05, 0) is 38.0 Å². The van der Waals surface area contributed by atoms with Crippen LogP contribution in [0.1, 0.15) is 37.3 Å². The van der Waals surface area contributed by atoms with E-state index in [2.05, 4.69) is 35.9 Å². The summed E-state index contributed by atoms with van der Waals surface area (Å²) in [4.78, 5) is 15.2. The third-order valence-corrected chi connectivity index (χ3v) is 5.16. The van der Waals surface area contributed by atoms with Gasteiger partial charge in [-0.3, -0.25) is 0 Å². The Morgan fingerprint density at radius 1 is 1.28 bits per heavy atom. The number of rotatable bonds is 10. The summed E-state index contributed by atoms with van der Waals surface area (Å²) < 4.78 is 11.3. The predicted octanol–water partition coefficient (Wildman–Crippen LogP) is 0.0406. The summed E-state index contributed by atoms with van der Waals surface area (Å²) in [7, 11) is 0. The van der Waals surface area contributed by atoms with Crippen LogP contribution in [0.5, 0.6) is 0 Å². The van der Waals surface area contributed by atoms with Gasteiger partial charge in [0.15, 0.2) is 0 Å². The van der Waals surface area contributed by atoms with Crippen LogP contribution < -0.4 is 34.7 Å². The molecule has 0 aliphatic rings. The summed E-state index contributed by atoms with van der Waals surface area (Å²) in [5.74, 6) is 6.57. The summed E-state index contributed by atoms with van der Waals surface area (Å²) >= 11 is 1.24. The van der Waals surface area contributed by atoms with E-state index in [0.717, 1.165) is 29.9 Å². The first kappa shape index (κ1) is 25.8. The maximum Gasteiger partial charge on any atom is 1.00 e. The van der Waals surface area contributed by atoms with Gasteiger partial charge >= 0.3 is 29.6 Å². The molecular formula is C22H26NNaO4S. The molecule has 150 valence electrons. The Morgan fingerprint density at radius 3 is 2.66 bits per heavy atom. The normalized spacial score (nSPS) is 11.3. The van der Waals surface area contributed by atoms with Crippen LogP contribution in [0.2, 0.25) is 0 Å². The van der Waals surface area contributed by atoms with Crippen molar-refractivity contribution in [1.82, 2.24) is 4.98 Å². The number of carboxylic acids is 1. The standard InChI is InChI=1S/C22H27NO4S.Na/c1-4-7-18-8-10-19(11-9-18)21-23-20(16(2)27-21)12-14-26-13-5-6-15-28-17(3)22(24)25;/h8-11,17H,4,7,12-15H2,1-3H3,(H,24,25);/q;+1/p-1. The molecule has 0 saturated carbocycles. The summed E-state index contributed by atoms with van der Waals surface area (Å²) in [6, 6.07) is 8.33. The van der Waals surface area contributed by atoms with E-state index in [1.54, 1.807) is 6.92 Å². The molecule has 1 atom stereocenters. The molecule has 1 heterocycles. The number of carbonyl (C=O) groups excluding carboxylic acids is 1. The number of ether oxygens (including phenoxy) is 1. The number of benzene rings is 1. The van der Waals surface area contributed by atoms with Crippen LogP contribution in [0.4, 0.5) is 0 Å². The quantitative estimate of drug-likeness (QED) is 0.305. The van der Waals surface area contributed by atoms with Gasteiger partial charge in [0.25, 0.3) is 0 Å². The van der Waals surface area contributed by atoms with E-state index in [0.29, 0.717) is 31.3 Å².